The molecule has 1 unspecified atom stereocenters. The number of rotatable bonds is 6. The maximum Gasteiger partial charge on any atom is 0.122 e. The lowest BCUT2D eigenvalue weighted by Crippen LogP contribution is -2.49. The summed E-state index contributed by atoms with van der Waals surface area (Å²) in [5.41, 5.74) is 2.35. The predicted octanol–water partition coefficient (Wildman–Crippen LogP) is 2.10. The Morgan fingerprint density at radius 3 is 2.36 bits per heavy atom. The topological polar surface area (TPSA) is 35.9 Å². The lowest BCUT2D eigenvalue weighted by atomic mass is 10.1. The van der Waals surface area contributed by atoms with E-state index in [-0.39, 0.29) is 12.4 Å². The van der Waals surface area contributed by atoms with Gasteiger partial charge in [-0.05, 0) is 32.0 Å². The fraction of sp³-hybridized carbons (Fsp3) is 0.647. The highest BCUT2D eigenvalue weighted by molar-refractivity contribution is 5.85. The highest BCUT2D eigenvalue weighted by Crippen LogP contribution is 2.18. The molecule has 2 rings (SSSR count). The first-order valence-electron chi connectivity index (χ1n) is 7.91. The van der Waals surface area contributed by atoms with Crippen molar-refractivity contribution in [3.8, 4) is 5.75 Å². The largest absolute Gasteiger partial charge is 0.491 e. The minimum absolute atomic E-state index is 0. The fourth-order valence-corrected chi connectivity index (χ4v) is 2.79. The molecule has 1 aromatic rings. The van der Waals surface area contributed by atoms with Crippen LogP contribution >= 0.6 is 12.4 Å². The lowest BCUT2D eigenvalue weighted by Gasteiger charge is -2.34. The van der Waals surface area contributed by atoms with Crippen molar-refractivity contribution < 1.29 is 9.84 Å². The van der Waals surface area contributed by atoms with Gasteiger partial charge in [0.15, 0.2) is 0 Å². The molecule has 1 saturated heterocycles. The molecular weight excluding hydrogens is 300 g/mol. The smallest absolute Gasteiger partial charge is 0.122 e. The molecule has 126 valence electrons. The molecule has 1 aromatic carbocycles. The number of likely N-dealkylation sites (N-methyl/N-ethyl adjacent to an activating group) is 1. The third-order valence-corrected chi connectivity index (χ3v) is 4.14. The first-order chi connectivity index (χ1) is 10.1. The van der Waals surface area contributed by atoms with E-state index in [2.05, 4.69) is 29.7 Å². The van der Waals surface area contributed by atoms with Crippen LogP contribution in [0.15, 0.2) is 18.2 Å². The number of aryl methyl sites for hydroxylation is 2. The molecule has 4 nitrogen and oxygen atoms in total. The van der Waals surface area contributed by atoms with Crippen LogP contribution in [0.2, 0.25) is 0 Å². The van der Waals surface area contributed by atoms with Crippen LogP contribution in [-0.2, 0) is 0 Å². The van der Waals surface area contributed by atoms with Crippen LogP contribution in [0.1, 0.15) is 18.1 Å². The Bertz CT molecular complexity index is 448. The van der Waals surface area contributed by atoms with Gasteiger partial charge < -0.3 is 14.7 Å². The van der Waals surface area contributed by atoms with E-state index in [4.69, 9.17) is 4.74 Å². The quantitative estimate of drug-likeness (QED) is 0.867. The number of β-amino-alcohol motifs (C(OH)–C–C–N with tert-alkyl or cyclic N) is 1. The third-order valence-electron chi connectivity index (χ3n) is 4.14. The second kappa shape index (κ2) is 9.36. The molecule has 1 N–H and O–H groups in total. The molecule has 0 saturated carbocycles. The number of aliphatic hydroxyl groups is 1. The van der Waals surface area contributed by atoms with Gasteiger partial charge in [-0.25, -0.2) is 0 Å². The van der Waals surface area contributed by atoms with Gasteiger partial charge in [0.2, 0.25) is 0 Å². The Balaban J connectivity index is 0.00000242. The van der Waals surface area contributed by atoms with Crippen LogP contribution in [0.4, 0.5) is 0 Å². The molecule has 0 bridgehead atoms. The molecule has 22 heavy (non-hydrogen) atoms. The molecule has 1 fully saturated rings. The van der Waals surface area contributed by atoms with Gasteiger partial charge in [-0.1, -0.05) is 24.6 Å². The van der Waals surface area contributed by atoms with E-state index in [1.165, 1.54) is 5.56 Å². The zero-order valence-corrected chi connectivity index (χ0v) is 14.7. The number of aliphatic hydroxyl groups excluding tert-OH is 1. The summed E-state index contributed by atoms with van der Waals surface area (Å²) in [5, 5.41) is 10.2. The summed E-state index contributed by atoms with van der Waals surface area (Å²) < 4.78 is 5.75. The van der Waals surface area contributed by atoms with Crippen molar-refractivity contribution in [1.82, 2.24) is 9.80 Å². The average molecular weight is 329 g/mol. The maximum atomic E-state index is 10.2. The minimum Gasteiger partial charge on any atom is -0.491 e. The van der Waals surface area contributed by atoms with E-state index in [1.807, 2.05) is 19.1 Å². The Hall–Kier alpha value is -0.810. The van der Waals surface area contributed by atoms with E-state index >= 15 is 0 Å². The number of hydrogen-bond acceptors (Lipinski definition) is 4. The van der Waals surface area contributed by atoms with Gasteiger partial charge in [0, 0.05) is 32.7 Å². The van der Waals surface area contributed by atoms with Crippen LogP contribution < -0.4 is 4.74 Å². The van der Waals surface area contributed by atoms with E-state index in [1.54, 1.807) is 0 Å². The van der Waals surface area contributed by atoms with Gasteiger partial charge in [0.05, 0.1) is 0 Å². The number of ether oxygens (including phenoxy) is 1. The molecule has 0 amide bonds. The lowest BCUT2D eigenvalue weighted by molar-refractivity contribution is 0.0469. The monoisotopic (exact) mass is 328 g/mol. The summed E-state index contributed by atoms with van der Waals surface area (Å²) in [6.07, 6.45) is -0.432. The van der Waals surface area contributed by atoms with Crippen LogP contribution in [0.5, 0.6) is 5.75 Å². The van der Waals surface area contributed by atoms with Crippen LogP contribution in [0.3, 0.4) is 0 Å². The molecule has 1 atom stereocenters. The molecule has 0 radical (unpaired) electrons. The second-order valence-corrected chi connectivity index (χ2v) is 5.97. The zero-order valence-electron chi connectivity index (χ0n) is 13.9. The average Bonchev–Trinajstić information content (AvgIpc) is 2.47. The summed E-state index contributed by atoms with van der Waals surface area (Å²) in [6.45, 7) is 12.8. The van der Waals surface area contributed by atoms with Crippen molar-refractivity contribution in [2.45, 2.75) is 26.9 Å². The van der Waals surface area contributed by atoms with Crippen molar-refractivity contribution in [3.63, 3.8) is 0 Å². The Labute approximate surface area is 140 Å². The molecule has 1 aliphatic heterocycles. The molecule has 0 aliphatic carbocycles. The van der Waals surface area contributed by atoms with Crippen LogP contribution in [0, 0.1) is 13.8 Å². The van der Waals surface area contributed by atoms with E-state index in [0.717, 1.165) is 44.0 Å². The molecule has 1 aliphatic rings. The van der Waals surface area contributed by atoms with Gasteiger partial charge in [0.1, 0.15) is 18.5 Å². The molecular formula is C17H29ClN2O2. The second-order valence-electron chi connectivity index (χ2n) is 5.97. The summed E-state index contributed by atoms with van der Waals surface area (Å²) >= 11 is 0. The van der Waals surface area contributed by atoms with E-state index in [9.17, 15) is 5.11 Å². The normalized spacial score (nSPS) is 17.8. The first kappa shape index (κ1) is 19.2. The van der Waals surface area contributed by atoms with Crippen LogP contribution in [-0.4, -0.2) is 66.9 Å². The number of benzene rings is 1. The van der Waals surface area contributed by atoms with Gasteiger partial charge in [-0.3, -0.25) is 4.90 Å². The third kappa shape index (κ3) is 5.76. The highest BCUT2D eigenvalue weighted by atomic mass is 35.5. The maximum absolute atomic E-state index is 10.2. The van der Waals surface area contributed by atoms with Crippen LogP contribution in [0.25, 0.3) is 0 Å². The van der Waals surface area contributed by atoms with Crippen molar-refractivity contribution in [2.75, 3.05) is 45.9 Å². The van der Waals surface area contributed by atoms with Crippen molar-refractivity contribution in [3.05, 3.63) is 29.3 Å². The van der Waals surface area contributed by atoms with E-state index in [0.29, 0.717) is 13.2 Å². The van der Waals surface area contributed by atoms with Crippen molar-refractivity contribution in [2.24, 2.45) is 0 Å². The summed E-state index contributed by atoms with van der Waals surface area (Å²) in [7, 11) is 0. The van der Waals surface area contributed by atoms with E-state index < -0.39 is 6.10 Å². The minimum atomic E-state index is -0.432. The van der Waals surface area contributed by atoms with Crippen molar-refractivity contribution in [1.29, 1.82) is 0 Å². The SMILES string of the molecule is CCN1CCN(CC(O)COc2ccc(C)cc2C)CC1.Cl. The summed E-state index contributed by atoms with van der Waals surface area (Å²) in [5.74, 6) is 0.871. The molecule has 5 heteroatoms. The number of nitrogens with zero attached hydrogens (tertiary/aromatic N) is 2. The molecule has 1 heterocycles. The first-order valence-corrected chi connectivity index (χ1v) is 7.91. The van der Waals surface area contributed by atoms with Crippen molar-refractivity contribution >= 4 is 12.4 Å². The zero-order chi connectivity index (χ0) is 15.2. The number of halogens is 1. The Morgan fingerprint density at radius 1 is 1.14 bits per heavy atom. The number of piperazine rings is 1. The molecule has 0 aromatic heterocycles. The Morgan fingerprint density at radius 2 is 1.77 bits per heavy atom. The predicted molar refractivity (Wildman–Crippen MR) is 93.2 cm³/mol. The summed E-state index contributed by atoms with van der Waals surface area (Å²) in [6, 6.07) is 6.13. The van der Waals surface area contributed by atoms with Gasteiger partial charge in [-0.2, -0.15) is 0 Å². The van der Waals surface area contributed by atoms with Gasteiger partial charge >= 0.3 is 0 Å². The fourth-order valence-electron chi connectivity index (χ4n) is 2.79. The molecule has 0 spiro atoms. The Kier molecular flexibility index (Phi) is 8.18. The summed E-state index contributed by atoms with van der Waals surface area (Å²) in [4.78, 5) is 4.76. The van der Waals surface area contributed by atoms with Gasteiger partial charge in [-0.15, -0.1) is 12.4 Å². The van der Waals surface area contributed by atoms with Gasteiger partial charge in [0.25, 0.3) is 0 Å². The standard InChI is InChI=1S/C17H28N2O2.ClH/c1-4-18-7-9-19(10-8-18)12-16(20)13-21-17-6-5-14(2)11-15(17)3;/h5-6,11,16,20H,4,7-10,12-13H2,1-3H3;1H. The number of hydrogen-bond donors (Lipinski definition) is 1. The highest BCUT2D eigenvalue weighted by Gasteiger charge is 2.18.